The van der Waals surface area contributed by atoms with Crippen LogP contribution >= 0.6 is 0 Å². The lowest BCUT2D eigenvalue weighted by Crippen LogP contribution is -2.15. The van der Waals surface area contributed by atoms with Gasteiger partial charge in [0.1, 0.15) is 0 Å². The topological polar surface area (TPSA) is 60.2 Å². The van der Waals surface area contributed by atoms with Crippen LogP contribution in [0.5, 0.6) is 5.75 Å². The quantitative estimate of drug-likeness (QED) is 0.778. The van der Waals surface area contributed by atoms with E-state index in [4.69, 9.17) is 4.74 Å². The zero-order valence-electron chi connectivity index (χ0n) is 10.7. The molecule has 1 heterocycles. The monoisotopic (exact) mass is 265 g/mol. The molecule has 2 aromatic rings. The number of hydrogen-bond donors (Lipinski definition) is 1. The summed E-state index contributed by atoms with van der Waals surface area (Å²) in [6.45, 7) is 3.60. The average Bonchev–Trinajstić information content (AvgIpc) is 2.91. The molecule has 102 valence electrons. The van der Waals surface area contributed by atoms with Gasteiger partial charge in [-0.3, -0.25) is 0 Å². The van der Waals surface area contributed by atoms with Crippen LogP contribution in [0.1, 0.15) is 24.7 Å². The largest absolute Gasteiger partial charge is 0.482 e. The summed E-state index contributed by atoms with van der Waals surface area (Å²) >= 11 is 0. The van der Waals surface area contributed by atoms with Gasteiger partial charge in [0.2, 0.25) is 12.2 Å². The van der Waals surface area contributed by atoms with Gasteiger partial charge < -0.3 is 14.6 Å². The van der Waals surface area contributed by atoms with Crippen molar-refractivity contribution in [2.24, 2.45) is 0 Å². The van der Waals surface area contributed by atoms with Gasteiger partial charge in [0.05, 0.1) is 0 Å². The molecule has 0 radical (unpaired) electrons. The second kappa shape index (κ2) is 6.84. The molecule has 0 aliphatic rings. The number of rotatable bonds is 7. The molecule has 19 heavy (non-hydrogen) atoms. The second-order valence-corrected chi connectivity index (χ2v) is 4.04. The van der Waals surface area contributed by atoms with Crippen LogP contribution in [0.4, 0.5) is 4.39 Å². The van der Waals surface area contributed by atoms with Gasteiger partial charge in [-0.25, -0.2) is 4.39 Å². The lowest BCUT2D eigenvalue weighted by Gasteiger charge is -2.11. The van der Waals surface area contributed by atoms with Crippen LogP contribution in [-0.2, 0) is 13.2 Å². The Hall–Kier alpha value is -1.95. The summed E-state index contributed by atoms with van der Waals surface area (Å²) in [6.07, 6.45) is 2.23. The fourth-order valence-corrected chi connectivity index (χ4v) is 1.65. The Bertz CT molecular complexity index is 503. The van der Waals surface area contributed by atoms with E-state index in [9.17, 15) is 4.39 Å². The lowest BCUT2D eigenvalue weighted by atomic mass is 10.2. The average molecular weight is 265 g/mol. The number of aromatic nitrogens is 2. The molecule has 0 atom stereocenters. The van der Waals surface area contributed by atoms with E-state index < -0.39 is 0 Å². The normalized spacial score (nSPS) is 10.6. The highest BCUT2D eigenvalue weighted by Gasteiger charge is 2.11. The zero-order chi connectivity index (χ0) is 13.5. The van der Waals surface area contributed by atoms with E-state index in [2.05, 4.69) is 26.9 Å². The molecule has 0 amide bonds. The number of hydrogen-bond acceptors (Lipinski definition) is 5. The molecule has 5 nitrogen and oxygen atoms in total. The molecule has 2 rings (SSSR count). The number of nitrogens with zero attached hydrogens (tertiary/aromatic N) is 2. The van der Waals surface area contributed by atoms with Gasteiger partial charge in [0.15, 0.2) is 18.2 Å². The lowest BCUT2D eigenvalue weighted by molar-refractivity contribution is 0.270. The van der Waals surface area contributed by atoms with E-state index >= 15 is 0 Å². The predicted molar refractivity (Wildman–Crippen MR) is 67.0 cm³/mol. The summed E-state index contributed by atoms with van der Waals surface area (Å²) in [5.74, 6) is 0.228. The van der Waals surface area contributed by atoms with E-state index in [-0.39, 0.29) is 18.2 Å². The second-order valence-electron chi connectivity index (χ2n) is 4.04. The Kier molecular flexibility index (Phi) is 4.85. The van der Waals surface area contributed by atoms with Gasteiger partial charge in [-0.05, 0) is 19.0 Å². The van der Waals surface area contributed by atoms with Gasteiger partial charge in [0, 0.05) is 12.1 Å². The maximum Gasteiger partial charge on any atom is 0.213 e. The van der Waals surface area contributed by atoms with Crippen LogP contribution in [0.15, 0.2) is 29.1 Å². The highest BCUT2D eigenvalue weighted by Crippen LogP contribution is 2.23. The first-order valence-electron chi connectivity index (χ1n) is 6.17. The Labute approximate surface area is 110 Å². The molecule has 6 heteroatoms. The van der Waals surface area contributed by atoms with Crippen LogP contribution in [0.2, 0.25) is 0 Å². The first-order valence-corrected chi connectivity index (χ1v) is 6.17. The summed E-state index contributed by atoms with van der Waals surface area (Å²) in [4.78, 5) is 3.83. The van der Waals surface area contributed by atoms with Crippen molar-refractivity contribution in [2.75, 3.05) is 6.54 Å². The minimum absolute atomic E-state index is 0.0816. The van der Waals surface area contributed by atoms with Crippen molar-refractivity contribution in [3.05, 3.63) is 41.8 Å². The maximum absolute atomic E-state index is 13.8. The molecule has 0 fully saturated rings. The fourth-order valence-electron chi connectivity index (χ4n) is 1.65. The first kappa shape index (κ1) is 13.5. The predicted octanol–water partition coefficient (Wildman–Crippen LogP) is 2.29. The standard InChI is InChI=1S/C13H16FN3O2/c1-2-6-15-7-10-4-3-5-11(14)13(10)18-8-12-16-9-19-17-12/h3-5,9,15H,2,6-8H2,1H3. The highest BCUT2D eigenvalue weighted by atomic mass is 19.1. The zero-order valence-corrected chi connectivity index (χ0v) is 10.7. The van der Waals surface area contributed by atoms with Crippen LogP contribution in [0.3, 0.4) is 0 Å². The molecule has 0 aliphatic heterocycles. The number of benzene rings is 1. The number of ether oxygens (including phenoxy) is 1. The molecular formula is C13H16FN3O2. The minimum Gasteiger partial charge on any atom is -0.482 e. The molecular weight excluding hydrogens is 249 g/mol. The Balaban J connectivity index is 2.04. The third kappa shape index (κ3) is 3.75. The minimum atomic E-state index is -0.390. The molecule has 0 bridgehead atoms. The Morgan fingerprint density at radius 2 is 2.32 bits per heavy atom. The molecule has 0 saturated heterocycles. The molecule has 0 saturated carbocycles. The fraction of sp³-hybridized carbons (Fsp3) is 0.385. The van der Waals surface area contributed by atoms with E-state index in [0.29, 0.717) is 12.4 Å². The van der Waals surface area contributed by atoms with Crippen LogP contribution in [0, 0.1) is 5.82 Å². The number of para-hydroxylation sites is 1. The van der Waals surface area contributed by atoms with Crippen LogP contribution in [0.25, 0.3) is 0 Å². The van der Waals surface area contributed by atoms with E-state index in [0.717, 1.165) is 18.5 Å². The molecule has 1 N–H and O–H groups in total. The van der Waals surface area contributed by atoms with Crippen molar-refractivity contribution < 1.29 is 13.7 Å². The Morgan fingerprint density at radius 3 is 3.05 bits per heavy atom. The van der Waals surface area contributed by atoms with Gasteiger partial charge >= 0.3 is 0 Å². The van der Waals surface area contributed by atoms with E-state index in [1.165, 1.54) is 12.5 Å². The van der Waals surface area contributed by atoms with Gasteiger partial charge in [0.25, 0.3) is 0 Å². The maximum atomic E-state index is 13.8. The molecule has 0 spiro atoms. The first-order chi connectivity index (χ1) is 9.31. The number of nitrogens with one attached hydrogen (secondary N) is 1. The van der Waals surface area contributed by atoms with Crippen LogP contribution < -0.4 is 10.1 Å². The Morgan fingerprint density at radius 1 is 1.42 bits per heavy atom. The number of halogens is 1. The van der Waals surface area contributed by atoms with Crippen molar-refractivity contribution in [1.82, 2.24) is 15.5 Å². The third-order valence-corrected chi connectivity index (χ3v) is 2.54. The molecule has 0 unspecified atom stereocenters. The third-order valence-electron chi connectivity index (χ3n) is 2.54. The van der Waals surface area contributed by atoms with Crippen molar-refractivity contribution in [3.63, 3.8) is 0 Å². The van der Waals surface area contributed by atoms with Crippen molar-refractivity contribution in [3.8, 4) is 5.75 Å². The van der Waals surface area contributed by atoms with Crippen molar-refractivity contribution in [1.29, 1.82) is 0 Å². The summed E-state index contributed by atoms with van der Waals surface area (Å²) in [5.41, 5.74) is 0.775. The van der Waals surface area contributed by atoms with Crippen molar-refractivity contribution in [2.45, 2.75) is 26.5 Å². The molecule has 1 aromatic heterocycles. The van der Waals surface area contributed by atoms with Gasteiger partial charge in [-0.15, -0.1) is 0 Å². The van der Waals surface area contributed by atoms with E-state index in [1.807, 2.05) is 6.07 Å². The molecule has 0 aliphatic carbocycles. The summed E-state index contributed by atoms with van der Waals surface area (Å²) in [6, 6.07) is 4.87. The van der Waals surface area contributed by atoms with Gasteiger partial charge in [-0.1, -0.05) is 24.2 Å². The van der Waals surface area contributed by atoms with Crippen molar-refractivity contribution >= 4 is 0 Å². The highest BCUT2D eigenvalue weighted by molar-refractivity contribution is 5.34. The summed E-state index contributed by atoms with van der Waals surface area (Å²) in [7, 11) is 0. The smallest absolute Gasteiger partial charge is 0.213 e. The summed E-state index contributed by atoms with van der Waals surface area (Å²) in [5, 5.41) is 6.83. The van der Waals surface area contributed by atoms with Gasteiger partial charge in [-0.2, -0.15) is 4.98 Å². The SMILES string of the molecule is CCCNCc1cccc(F)c1OCc1ncon1. The summed E-state index contributed by atoms with van der Waals surface area (Å²) < 4.78 is 23.8. The van der Waals surface area contributed by atoms with Crippen LogP contribution in [-0.4, -0.2) is 16.7 Å². The van der Waals surface area contributed by atoms with E-state index in [1.54, 1.807) is 6.07 Å². The molecule has 1 aromatic carbocycles.